The maximum absolute atomic E-state index is 11.2. The lowest BCUT2D eigenvalue weighted by molar-refractivity contribution is 0.240. The molecule has 2 N–H and O–H groups in total. The second-order valence-corrected chi connectivity index (χ2v) is 9.01. The van der Waals surface area contributed by atoms with Crippen molar-refractivity contribution in [1.29, 1.82) is 0 Å². The van der Waals surface area contributed by atoms with Crippen molar-refractivity contribution in [1.82, 2.24) is 0 Å². The maximum Gasteiger partial charge on any atom is 0.132 e. The summed E-state index contributed by atoms with van der Waals surface area (Å²) in [7, 11) is 0. The van der Waals surface area contributed by atoms with Crippen LogP contribution in [0.1, 0.15) is 45.7 Å². The van der Waals surface area contributed by atoms with Crippen LogP contribution in [0.5, 0.6) is 5.75 Å². The van der Waals surface area contributed by atoms with E-state index in [2.05, 4.69) is 56.1 Å². The summed E-state index contributed by atoms with van der Waals surface area (Å²) in [5.41, 5.74) is 3.54. The molecular weight excluding hydrogens is 358 g/mol. The molecule has 152 valence electrons. The average Bonchev–Trinajstić information content (AvgIpc) is 2.68. The molecule has 29 heavy (non-hydrogen) atoms. The lowest BCUT2D eigenvalue weighted by Gasteiger charge is -2.22. The fraction of sp³-hybridized carbons (Fsp3) is 0.346. The summed E-state index contributed by atoms with van der Waals surface area (Å²) in [4.78, 5) is 4.56. The Labute approximate surface area is 173 Å². The van der Waals surface area contributed by atoms with E-state index in [1.54, 1.807) is 6.21 Å². The molecule has 0 aliphatic rings. The number of hydrogen-bond donors (Lipinski definition) is 2. The van der Waals surface area contributed by atoms with E-state index in [1.807, 2.05) is 38.1 Å². The second kappa shape index (κ2) is 8.38. The second-order valence-electron chi connectivity index (χ2n) is 9.01. The highest BCUT2D eigenvalue weighted by Crippen LogP contribution is 2.39. The Bertz CT molecular complexity index is 1020. The number of hydrogen-bond acceptors (Lipinski definition) is 3. The smallest absolute Gasteiger partial charge is 0.132 e. The minimum atomic E-state index is -0.186. The molecule has 3 aromatic carbocycles. The molecule has 0 spiro atoms. The van der Waals surface area contributed by atoms with Gasteiger partial charge < -0.3 is 10.2 Å². The normalized spacial score (nSPS) is 13.5. The summed E-state index contributed by atoms with van der Waals surface area (Å²) in [6.07, 6.45) is 1.71. The van der Waals surface area contributed by atoms with Crippen molar-refractivity contribution in [3.8, 4) is 16.9 Å². The van der Waals surface area contributed by atoms with Gasteiger partial charge in [-0.25, -0.2) is 0 Å². The van der Waals surface area contributed by atoms with Crippen LogP contribution in [0.3, 0.4) is 0 Å². The van der Waals surface area contributed by atoms with Crippen molar-refractivity contribution in [2.75, 3.05) is 6.61 Å². The summed E-state index contributed by atoms with van der Waals surface area (Å²) in [5.74, 6) is 0.445. The molecule has 0 amide bonds. The van der Waals surface area contributed by atoms with Gasteiger partial charge >= 0.3 is 0 Å². The number of nitrogens with zero attached hydrogens (tertiary/aromatic N) is 1. The largest absolute Gasteiger partial charge is 0.507 e. The topological polar surface area (TPSA) is 52.8 Å². The summed E-state index contributed by atoms with van der Waals surface area (Å²) < 4.78 is 0. The molecule has 0 aromatic heterocycles. The van der Waals surface area contributed by atoms with E-state index < -0.39 is 0 Å². The maximum atomic E-state index is 11.2. The lowest BCUT2D eigenvalue weighted by Crippen LogP contribution is -2.18. The van der Waals surface area contributed by atoms with Crippen molar-refractivity contribution in [3.05, 3.63) is 65.7 Å². The molecule has 0 aliphatic carbocycles. The molecule has 3 rings (SSSR count). The van der Waals surface area contributed by atoms with Gasteiger partial charge in [-0.15, -0.1) is 0 Å². The van der Waals surface area contributed by atoms with Crippen molar-refractivity contribution >= 4 is 17.0 Å². The van der Waals surface area contributed by atoms with Crippen LogP contribution in [0.4, 0.5) is 0 Å². The minimum Gasteiger partial charge on any atom is -0.507 e. The molecule has 1 atom stereocenters. The quantitative estimate of drug-likeness (QED) is 0.530. The molecule has 0 unspecified atom stereocenters. The first-order valence-electron chi connectivity index (χ1n) is 10.2. The summed E-state index contributed by atoms with van der Waals surface area (Å²) >= 11 is 0. The van der Waals surface area contributed by atoms with Gasteiger partial charge in [0.05, 0.1) is 12.6 Å². The number of rotatable bonds is 5. The van der Waals surface area contributed by atoms with E-state index in [9.17, 15) is 10.2 Å². The Kier molecular flexibility index (Phi) is 6.09. The van der Waals surface area contributed by atoms with Gasteiger partial charge in [-0.2, -0.15) is 0 Å². The standard InChI is InChI=1S/C26H31NO2/c1-17(2)24(16-28)27-15-19-13-20(26(3,4)5)14-23(25(19)29)22-12-8-10-18-9-6-7-11-21(18)22/h6-15,17,24,28-29H,16H2,1-5H3/t24-/m1/s1. The third-order valence-corrected chi connectivity index (χ3v) is 5.45. The Morgan fingerprint density at radius 1 is 0.966 bits per heavy atom. The zero-order valence-electron chi connectivity index (χ0n) is 18.0. The molecule has 0 radical (unpaired) electrons. The zero-order valence-corrected chi connectivity index (χ0v) is 18.0. The summed E-state index contributed by atoms with van der Waals surface area (Å²) in [6.45, 7) is 10.5. The first kappa shape index (κ1) is 21.1. The van der Waals surface area contributed by atoms with Gasteiger partial charge in [0.25, 0.3) is 0 Å². The van der Waals surface area contributed by atoms with Crippen LogP contribution >= 0.6 is 0 Å². The lowest BCUT2D eigenvalue weighted by atomic mass is 9.83. The van der Waals surface area contributed by atoms with Gasteiger partial charge in [-0.05, 0) is 45.4 Å². The third kappa shape index (κ3) is 4.51. The van der Waals surface area contributed by atoms with Crippen LogP contribution in [0.25, 0.3) is 21.9 Å². The number of phenolic OH excluding ortho intramolecular Hbond substituents is 1. The monoisotopic (exact) mass is 389 g/mol. The van der Waals surface area contributed by atoms with E-state index in [-0.39, 0.29) is 29.7 Å². The van der Waals surface area contributed by atoms with Crippen molar-refractivity contribution in [2.24, 2.45) is 10.9 Å². The van der Waals surface area contributed by atoms with Gasteiger partial charge in [0.2, 0.25) is 0 Å². The van der Waals surface area contributed by atoms with E-state index in [1.165, 1.54) is 0 Å². The number of fused-ring (bicyclic) bond motifs is 1. The van der Waals surface area contributed by atoms with E-state index in [0.29, 0.717) is 5.56 Å². The molecule has 0 saturated heterocycles. The van der Waals surface area contributed by atoms with Gasteiger partial charge in [0, 0.05) is 17.3 Å². The number of aliphatic imine (C=N–C) groups is 1. The molecule has 3 heteroatoms. The molecular formula is C26H31NO2. The first-order valence-corrected chi connectivity index (χ1v) is 10.2. The van der Waals surface area contributed by atoms with Crippen molar-refractivity contribution < 1.29 is 10.2 Å². The predicted octanol–water partition coefficient (Wildman–Crippen LogP) is 5.95. The van der Waals surface area contributed by atoms with Crippen LogP contribution in [0, 0.1) is 5.92 Å². The fourth-order valence-corrected chi connectivity index (χ4v) is 3.46. The Morgan fingerprint density at radius 2 is 1.66 bits per heavy atom. The summed E-state index contributed by atoms with van der Waals surface area (Å²) in [5, 5.41) is 23.0. The fourth-order valence-electron chi connectivity index (χ4n) is 3.46. The van der Waals surface area contributed by atoms with E-state index in [0.717, 1.165) is 27.5 Å². The third-order valence-electron chi connectivity index (χ3n) is 5.45. The highest BCUT2D eigenvalue weighted by Gasteiger charge is 2.20. The van der Waals surface area contributed by atoms with Crippen molar-refractivity contribution in [2.45, 2.75) is 46.1 Å². The molecule has 3 nitrogen and oxygen atoms in total. The number of aliphatic hydroxyl groups is 1. The molecule has 0 heterocycles. The number of phenols is 1. The van der Waals surface area contributed by atoms with Crippen LogP contribution in [-0.4, -0.2) is 29.1 Å². The van der Waals surface area contributed by atoms with Crippen LogP contribution < -0.4 is 0 Å². The first-order chi connectivity index (χ1) is 13.7. The van der Waals surface area contributed by atoms with Crippen LogP contribution in [0.2, 0.25) is 0 Å². The molecule has 0 aliphatic heterocycles. The number of aromatic hydroxyl groups is 1. The van der Waals surface area contributed by atoms with Gasteiger partial charge in [-0.1, -0.05) is 77.1 Å². The van der Waals surface area contributed by atoms with Crippen LogP contribution in [-0.2, 0) is 5.41 Å². The Morgan fingerprint density at radius 3 is 2.31 bits per heavy atom. The van der Waals surface area contributed by atoms with E-state index >= 15 is 0 Å². The van der Waals surface area contributed by atoms with Crippen molar-refractivity contribution in [3.63, 3.8) is 0 Å². The van der Waals surface area contributed by atoms with Gasteiger partial charge in [0.1, 0.15) is 5.75 Å². The number of aliphatic hydroxyl groups excluding tert-OH is 1. The van der Waals surface area contributed by atoms with Gasteiger partial charge in [-0.3, -0.25) is 4.99 Å². The Hall–Kier alpha value is -2.65. The SMILES string of the molecule is CC(C)[C@@H](CO)N=Cc1cc(C(C)(C)C)cc(-c2cccc3ccccc23)c1O. The molecule has 0 saturated carbocycles. The van der Waals surface area contributed by atoms with Gasteiger partial charge in [0.15, 0.2) is 0 Å². The molecule has 3 aromatic rings. The predicted molar refractivity (Wildman–Crippen MR) is 123 cm³/mol. The minimum absolute atomic E-state index is 0.00985. The highest BCUT2D eigenvalue weighted by molar-refractivity contribution is 6.00. The van der Waals surface area contributed by atoms with E-state index in [4.69, 9.17) is 0 Å². The average molecular weight is 390 g/mol. The molecule has 0 bridgehead atoms. The highest BCUT2D eigenvalue weighted by atomic mass is 16.3. The molecule has 0 fully saturated rings. The summed E-state index contributed by atoms with van der Waals surface area (Å²) in [6, 6.07) is 18.3. The zero-order chi connectivity index (χ0) is 21.2. The van der Waals surface area contributed by atoms with Crippen LogP contribution in [0.15, 0.2) is 59.6 Å². The Balaban J connectivity index is 2.23. The number of benzene rings is 3.